The van der Waals surface area contributed by atoms with E-state index in [0.29, 0.717) is 11.7 Å². The Morgan fingerprint density at radius 2 is 1.91 bits per heavy atom. The molecule has 32 heavy (non-hydrogen) atoms. The lowest BCUT2D eigenvalue weighted by Crippen LogP contribution is -2.29. The van der Waals surface area contributed by atoms with Crippen molar-refractivity contribution in [1.82, 2.24) is 20.2 Å². The molecule has 5 rings (SSSR count). The average molecular weight is 461 g/mol. The molecule has 1 fully saturated rings. The van der Waals surface area contributed by atoms with Crippen molar-refractivity contribution in [1.29, 1.82) is 0 Å². The molecular weight excluding hydrogens is 440 g/mol. The summed E-state index contributed by atoms with van der Waals surface area (Å²) in [6.07, 6.45) is 5.38. The molecule has 2 atom stereocenters. The van der Waals surface area contributed by atoms with Gasteiger partial charge in [-0.2, -0.15) is 0 Å². The van der Waals surface area contributed by atoms with Gasteiger partial charge >= 0.3 is 0 Å². The molecule has 0 amide bonds. The molecule has 0 radical (unpaired) electrons. The standard InChI is InChI=1S/C25H21ClN4OS/c1-16-5-6-18(14-19(16)26)21-7-8-22(31-21)24-23(20-4-2-3-11-28-20)29-25(32)30(24)15-17-9-12-27-13-10-17/h2-14,23-24H,15H2,1H3,(H,29,32). The maximum Gasteiger partial charge on any atom is 0.170 e. The fraction of sp³-hybridized carbons (Fsp3) is 0.160. The van der Waals surface area contributed by atoms with Gasteiger partial charge in [0.25, 0.3) is 0 Å². The van der Waals surface area contributed by atoms with Gasteiger partial charge in [-0.05, 0) is 72.7 Å². The molecule has 0 saturated carbocycles. The van der Waals surface area contributed by atoms with Crippen LogP contribution in [-0.2, 0) is 6.54 Å². The summed E-state index contributed by atoms with van der Waals surface area (Å²) < 4.78 is 6.38. The number of halogens is 1. The highest BCUT2D eigenvalue weighted by Crippen LogP contribution is 2.41. The van der Waals surface area contributed by atoms with Crippen LogP contribution >= 0.6 is 23.8 Å². The molecular formula is C25H21ClN4OS. The Hall–Kier alpha value is -3.22. The van der Waals surface area contributed by atoms with Crippen LogP contribution in [0.3, 0.4) is 0 Å². The van der Waals surface area contributed by atoms with E-state index in [1.54, 1.807) is 18.6 Å². The molecule has 5 nitrogen and oxygen atoms in total. The first kappa shape index (κ1) is 20.7. The lowest BCUT2D eigenvalue weighted by molar-refractivity contribution is 0.269. The van der Waals surface area contributed by atoms with Crippen molar-refractivity contribution in [2.24, 2.45) is 0 Å². The minimum Gasteiger partial charge on any atom is -0.459 e. The summed E-state index contributed by atoms with van der Waals surface area (Å²) in [4.78, 5) is 10.9. The van der Waals surface area contributed by atoms with Gasteiger partial charge in [0.15, 0.2) is 5.11 Å². The van der Waals surface area contributed by atoms with Gasteiger partial charge in [-0.1, -0.05) is 29.8 Å². The zero-order valence-electron chi connectivity index (χ0n) is 17.4. The Morgan fingerprint density at radius 1 is 1.06 bits per heavy atom. The van der Waals surface area contributed by atoms with Crippen molar-refractivity contribution in [3.8, 4) is 11.3 Å². The highest BCUT2D eigenvalue weighted by atomic mass is 35.5. The van der Waals surface area contributed by atoms with Crippen LogP contribution in [-0.4, -0.2) is 20.0 Å². The Labute approximate surface area is 197 Å². The third-order valence-electron chi connectivity index (χ3n) is 5.67. The van der Waals surface area contributed by atoms with E-state index < -0.39 is 0 Å². The quantitative estimate of drug-likeness (QED) is 0.376. The van der Waals surface area contributed by atoms with Crippen LogP contribution in [0, 0.1) is 6.92 Å². The smallest absolute Gasteiger partial charge is 0.170 e. The van der Waals surface area contributed by atoms with Gasteiger partial charge in [0.1, 0.15) is 17.6 Å². The first-order valence-corrected chi connectivity index (χ1v) is 11.1. The molecule has 1 saturated heterocycles. The molecule has 0 bridgehead atoms. The van der Waals surface area contributed by atoms with Crippen molar-refractivity contribution < 1.29 is 4.42 Å². The van der Waals surface area contributed by atoms with Gasteiger partial charge in [-0.15, -0.1) is 0 Å². The van der Waals surface area contributed by atoms with Crippen molar-refractivity contribution in [3.63, 3.8) is 0 Å². The summed E-state index contributed by atoms with van der Waals surface area (Å²) in [5.74, 6) is 1.58. The number of aryl methyl sites for hydroxylation is 1. The molecule has 7 heteroatoms. The molecule has 1 aromatic carbocycles. The van der Waals surface area contributed by atoms with Crippen LogP contribution in [0.1, 0.15) is 34.7 Å². The molecule has 160 valence electrons. The number of thiocarbonyl (C=S) groups is 1. The Morgan fingerprint density at radius 3 is 2.66 bits per heavy atom. The number of nitrogens with zero attached hydrogens (tertiary/aromatic N) is 3. The fourth-order valence-corrected chi connectivity index (χ4v) is 4.47. The van der Waals surface area contributed by atoms with Crippen LogP contribution in [0.15, 0.2) is 83.7 Å². The molecule has 1 N–H and O–H groups in total. The molecule has 1 aliphatic rings. The maximum atomic E-state index is 6.38. The highest BCUT2D eigenvalue weighted by molar-refractivity contribution is 7.80. The van der Waals surface area contributed by atoms with Crippen LogP contribution < -0.4 is 5.32 Å². The summed E-state index contributed by atoms with van der Waals surface area (Å²) in [5.41, 5.74) is 4.00. The minimum absolute atomic E-state index is 0.133. The van der Waals surface area contributed by atoms with Gasteiger partial charge in [-0.25, -0.2) is 0 Å². The molecule has 1 aliphatic heterocycles. The first-order chi connectivity index (χ1) is 15.6. The lowest BCUT2D eigenvalue weighted by Gasteiger charge is -2.26. The number of hydrogen-bond acceptors (Lipinski definition) is 4. The van der Waals surface area contributed by atoms with Crippen LogP contribution in [0.5, 0.6) is 0 Å². The fourth-order valence-electron chi connectivity index (χ4n) is 3.98. The van der Waals surface area contributed by atoms with E-state index in [1.165, 1.54) is 0 Å². The zero-order valence-corrected chi connectivity index (χ0v) is 19.0. The molecule has 4 aromatic rings. The van der Waals surface area contributed by atoms with Crippen molar-refractivity contribution in [2.45, 2.75) is 25.6 Å². The lowest BCUT2D eigenvalue weighted by atomic mass is 10.0. The third kappa shape index (κ3) is 3.99. The van der Waals surface area contributed by atoms with Crippen molar-refractivity contribution in [3.05, 3.63) is 107 Å². The summed E-state index contributed by atoms with van der Waals surface area (Å²) in [5, 5.41) is 4.84. The van der Waals surface area contributed by atoms with E-state index in [1.807, 2.05) is 67.6 Å². The topological polar surface area (TPSA) is 54.2 Å². The SMILES string of the molecule is Cc1ccc(-c2ccc(C3C(c4ccccn4)NC(=S)N3Cc3ccncc3)o2)cc1Cl. The predicted molar refractivity (Wildman–Crippen MR) is 129 cm³/mol. The predicted octanol–water partition coefficient (Wildman–Crippen LogP) is 5.87. The average Bonchev–Trinajstić information content (AvgIpc) is 3.42. The van der Waals surface area contributed by atoms with E-state index in [4.69, 9.17) is 28.2 Å². The molecule has 4 heterocycles. The number of rotatable bonds is 5. The Bertz CT molecular complexity index is 1250. The van der Waals surface area contributed by atoms with Gasteiger partial charge < -0.3 is 14.6 Å². The van der Waals surface area contributed by atoms with Gasteiger partial charge in [0.05, 0.1) is 11.7 Å². The van der Waals surface area contributed by atoms with E-state index in [9.17, 15) is 0 Å². The van der Waals surface area contributed by atoms with Crippen LogP contribution in [0.4, 0.5) is 0 Å². The molecule has 3 aromatic heterocycles. The monoisotopic (exact) mass is 460 g/mol. The van der Waals surface area contributed by atoms with Crippen LogP contribution in [0.2, 0.25) is 5.02 Å². The van der Waals surface area contributed by atoms with E-state index in [2.05, 4.69) is 20.2 Å². The number of hydrogen-bond donors (Lipinski definition) is 1. The molecule has 0 aliphatic carbocycles. The second kappa shape index (κ2) is 8.73. The Balaban J connectivity index is 1.54. The number of pyridine rings is 2. The minimum atomic E-state index is -0.153. The van der Waals surface area contributed by atoms with Gasteiger partial charge in [0.2, 0.25) is 0 Å². The number of benzene rings is 1. The molecule has 2 unspecified atom stereocenters. The van der Waals surface area contributed by atoms with Crippen LogP contribution in [0.25, 0.3) is 11.3 Å². The first-order valence-electron chi connectivity index (χ1n) is 10.3. The third-order valence-corrected chi connectivity index (χ3v) is 6.43. The summed E-state index contributed by atoms with van der Waals surface area (Å²) in [6.45, 7) is 2.62. The molecule has 0 spiro atoms. The van der Waals surface area contributed by atoms with Crippen molar-refractivity contribution in [2.75, 3.05) is 0 Å². The summed E-state index contributed by atoms with van der Waals surface area (Å²) >= 11 is 12.1. The number of nitrogens with one attached hydrogen (secondary N) is 1. The zero-order chi connectivity index (χ0) is 22.1. The van der Waals surface area contributed by atoms with E-state index in [0.717, 1.165) is 38.9 Å². The van der Waals surface area contributed by atoms with Gasteiger partial charge in [-0.3, -0.25) is 9.97 Å². The normalized spacial score (nSPS) is 18.1. The number of furan rings is 1. The second-order valence-corrected chi connectivity index (χ2v) is 8.57. The van der Waals surface area contributed by atoms with E-state index in [-0.39, 0.29) is 12.1 Å². The highest BCUT2D eigenvalue weighted by Gasteiger charge is 2.41. The Kier molecular flexibility index (Phi) is 5.64. The summed E-state index contributed by atoms with van der Waals surface area (Å²) in [7, 11) is 0. The maximum absolute atomic E-state index is 6.38. The van der Waals surface area contributed by atoms with E-state index >= 15 is 0 Å². The van der Waals surface area contributed by atoms with Gasteiger partial charge in [0, 0.05) is 35.7 Å². The number of aromatic nitrogens is 2. The van der Waals surface area contributed by atoms with Crippen molar-refractivity contribution >= 4 is 28.9 Å². The summed E-state index contributed by atoms with van der Waals surface area (Å²) in [6, 6.07) is 19.6. The largest absolute Gasteiger partial charge is 0.459 e. The second-order valence-electron chi connectivity index (χ2n) is 7.78.